The maximum absolute atomic E-state index is 13.8. The smallest absolute Gasteiger partial charge is 0.228 e. The first-order valence-corrected chi connectivity index (χ1v) is 11.1. The Kier molecular flexibility index (Phi) is 5.29. The van der Waals surface area contributed by atoms with Crippen molar-refractivity contribution in [2.75, 3.05) is 20.1 Å². The molecule has 2 atom stereocenters. The molecule has 0 radical (unpaired) electrons. The van der Waals surface area contributed by atoms with Crippen LogP contribution in [0.1, 0.15) is 62.5 Å². The van der Waals surface area contributed by atoms with Gasteiger partial charge in [0.2, 0.25) is 5.91 Å². The zero-order valence-corrected chi connectivity index (χ0v) is 18.2. The molecule has 1 aromatic carbocycles. The quantitative estimate of drug-likeness (QED) is 0.809. The van der Waals surface area contributed by atoms with Gasteiger partial charge in [-0.15, -0.1) is 12.4 Å². The molecule has 4 aliphatic carbocycles. The van der Waals surface area contributed by atoms with E-state index >= 15 is 0 Å². The Morgan fingerprint density at radius 3 is 2.21 bits per heavy atom. The molecule has 1 heterocycles. The number of hydrogen-bond acceptors (Lipinski definition) is 2. The first-order chi connectivity index (χ1) is 13.0. The minimum absolute atomic E-state index is 0. The third-order valence-corrected chi connectivity index (χ3v) is 8.37. The molecule has 1 amide bonds. The van der Waals surface area contributed by atoms with E-state index in [0.29, 0.717) is 11.9 Å². The Morgan fingerprint density at radius 1 is 1.04 bits per heavy atom. The number of nitrogens with one attached hydrogen (secondary N) is 1. The molecule has 28 heavy (non-hydrogen) atoms. The molecular formula is C24H35ClN2O. The van der Waals surface area contributed by atoms with Crippen molar-refractivity contribution in [2.24, 2.45) is 17.3 Å². The van der Waals surface area contributed by atoms with Crippen LogP contribution in [-0.4, -0.2) is 37.0 Å². The number of rotatable bonds is 3. The van der Waals surface area contributed by atoms with Gasteiger partial charge in [0, 0.05) is 19.1 Å². The molecule has 4 bridgehead atoms. The van der Waals surface area contributed by atoms with Crippen LogP contribution in [0.25, 0.3) is 0 Å². The summed E-state index contributed by atoms with van der Waals surface area (Å²) in [5.41, 5.74) is 3.04. The molecule has 6 rings (SSSR count). The number of aryl methyl sites for hydroxylation is 1. The Balaban J connectivity index is 0.00000192. The van der Waals surface area contributed by atoms with Crippen LogP contribution in [0.2, 0.25) is 0 Å². The van der Waals surface area contributed by atoms with Gasteiger partial charge in [-0.2, -0.15) is 0 Å². The van der Waals surface area contributed by atoms with Crippen LogP contribution in [0.3, 0.4) is 0 Å². The number of likely N-dealkylation sites (tertiary alicyclic amines) is 1. The van der Waals surface area contributed by atoms with Gasteiger partial charge in [-0.25, -0.2) is 0 Å². The van der Waals surface area contributed by atoms with Gasteiger partial charge >= 0.3 is 0 Å². The fourth-order valence-electron chi connectivity index (χ4n) is 7.46. The van der Waals surface area contributed by atoms with Crippen molar-refractivity contribution in [3.63, 3.8) is 0 Å². The van der Waals surface area contributed by atoms with Crippen molar-refractivity contribution >= 4 is 18.3 Å². The van der Waals surface area contributed by atoms with Crippen molar-refractivity contribution in [3.8, 4) is 0 Å². The predicted octanol–water partition coefficient (Wildman–Crippen LogP) is 4.47. The highest BCUT2D eigenvalue weighted by molar-refractivity contribution is 5.85. The fraction of sp³-hybridized carbons (Fsp3) is 0.708. The van der Waals surface area contributed by atoms with E-state index in [1.165, 1.54) is 30.4 Å². The van der Waals surface area contributed by atoms with Gasteiger partial charge in [0.1, 0.15) is 0 Å². The molecule has 3 nitrogen and oxygen atoms in total. The molecule has 1 aromatic rings. The SMILES string of the molecule is CNC1CCN(C(=O)C23CC4CC(C2)CC(c2ccc(C)cc2)(C4)C3)CC1.Cl. The minimum atomic E-state index is -0.0680. The summed E-state index contributed by atoms with van der Waals surface area (Å²) in [4.78, 5) is 16.0. The summed E-state index contributed by atoms with van der Waals surface area (Å²) in [6.45, 7) is 4.06. The molecule has 0 aromatic heterocycles. The highest BCUT2D eigenvalue weighted by Crippen LogP contribution is 2.66. The van der Waals surface area contributed by atoms with E-state index < -0.39 is 0 Å². The van der Waals surface area contributed by atoms with Gasteiger partial charge in [0.25, 0.3) is 0 Å². The number of amides is 1. The lowest BCUT2D eigenvalue weighted by molar-refractivity contribution is -0.161. The van der Waals surface area contributed by atoms with Crippen LogP contribution >= 0.6 is 12.4 Å². The summed E-state index contributed by atoms with van der Waals surface area (Å²) in [6.07, 6.45) is 9.60. The van der Waals surface area contributed by atoms with Gasteiger partial charge in [0.15, 0.2) is 0 Å². The van der Waals surface area contributed by atoms with Crippen LogP contribution in [0.4, 0.5) is 0 Å². The second-order valence-electron chi connectivity index (χ2n) is 10.2. The van der Waals surface area contributed by atoms with Gasteiger partial charge in [-0.05, 0) is 88.2 Å². The number of hydrogen-bond donors (Lipinski definition) is 1. The molecule has 4 saturated carbocycles. The molecule has 5 fully saturated rings. The van der Waals surface area contributed by atoms with E-state index in [4.69, 9.17) is 0 Å². The van der Waals surface area contributed by atoms with Crippen molar-refractivity contribution < 1.29 is 4.79 Å². The summed E-state index contributed by atoms with van der Waals surface area (Å²) in [5.74, 6) is 2.01. The van der Waals surface area contributed by atoms with E-state index in [1.807, 2.05) is 7.05 Å². The number of halogens is 1. The van der Waals surface area contributed by atoms with Gasteiger partial charge in [0.05, 0.1) is 5.41 Å². The lowest BCUT2D eigenvalue weighted by Gasteiger charge is -2.62. The monoisotopic (exact) mass is 402 g/mol. The molecule has 4 heteroatoms. The van der Waals surface area contributed by atoms with Crippen LogP contribution in [0, 0.1) is 24.2 Å². The molecule has 1 aliphatic heterocycles. The molecule has 0 spiro atoms. The zero-order chi connectivity index (χ0) is 18.6. The Hall–Kier alpha value is -1.06. The predicted molar refractivity (Wildman–Crippen MR) is 116 cm³/mol. The average Bonchev–Trinajstić information content (AvgIpc) is 2.67. The lowest BCUT2D eigenvalue weighted by atomic mass is 9.42. The topological polar surface area (TPSA) is 32.3 Å². The maximum atomic E-state index is 13.8. The van der Waals surface area contributed by atoms with Crippen LogP contribution in [0.15, 0.2) is 24.3 Å². The third kappa shape index (κ3) is 3.19. The fourth-order valence-corrected chi connectivity index (χ4v) is 7.46. The molecule has 2 unspecified atom stereocenters. The number of carbonyl (C=O) groups is 1. The summed E-state index contributed by atoms with van der Waals surface area (Å²) < 4.78 is 0. The van der Waals surface area contributed by atoms with E-state index in [-0.39, 0.29) is 23.2 Å². The molecule has 5 aliphatic rings. The first-order valence-electron chi connectivity index (χ1n) is 11.1. The number of nitrogens with zero attached hydrogens (tertiary/aromatic N) is 1. The summed E-state index contributed by atoms with van der Waals surface area (Å²) >= 11 is 0. The number of benzene rings is 1. The second-order valence-corrected chi connectivity index (χ2v) is 10.2. The van der Waals surface area contributed by atoms with E-state index in [9.17, 15) is 4.79 Å². The first kappa shape index (κ1) is 20.2. The minimum Gasteiger partial charge on any atom is -0.342 e. The zero-order valence-electron chi connectivity index (χ0n) is 17.4. The summed E-state index contributed by atoms with van der Waals surface area (Å²) in [5, 5.41) is 3.39. The van der Waals surface area contributed by atoms with Gasteiger partial charge in [-0.3, -0.25) is 4.79 Å². The van der Waals surface area contributed by atoms with E-state index in [0.717, 1.165) is 57.0 Å². The highest BCUT2D eigenvalue weighted by atomic mass is 35.5. The van der Waals surface area contributed by atoms with Gasteiger partial charge < -0.3 is 10.2 Å². The standard InChI is InChI=1S/C24H34N2O.ClH/c1-17-3-5-20(6-4-17)23-12-18-11-19(13-23)15-24(14-18,16-23)22(27)26-9-7-21(25-2)8-10-26;/h3-6,18-19,21,25H,7-16H2,1-2H3;1H. The number of carbonyl (C=O) groups excluding carboxylic acids is 1. The van der Waals surface area contributed by atoms with Crippen LogP contribution < -0.4 is 5.32 Å². The molecule has 154 valence electrons. The lowest BCUT2D eigenvalue weighted by Crippen LogP contribution is -2.60. The van der Waals surface area contributed by atoms with Gasteiger partial charge in [-0.1, -0.05) is 29.8 Å². The number of piperidine rings is 1. The average molecular weight is 403 g/mol. The Bertz CT molecular complexity index is 709. The van der Waals surface area contributed by atoms with Crippen molar-refractivity contribution in [1.82, 2.24) is 10.2 Å². The second kappa shape index (κ2) is 7.32. The van der Waals surface area contributed by atoms with E-state index in [2.05, 4.69) is 41.4 Å². The van der Waals surface area contributed by atoms with Crippen LogP contribution in [0.5, 0.6) is 0 Å². The maximum Gasteiger partial charge on any atom is 0.228 e. The van der Waals surface area contributed by atoms with Crippen LogP contribution in [-0.2, 0) is 10.2 Å². The summed E-state index contributed by atoms with van der Waals surface area (Å²) in [6, 6.07) is 9.85. The third-order valence-electron chi connectivity index (χ3n) is 8.37. The molecular weight excluding hydrogens is 368 g/mol. The Labute approximate surface area is 176 Å². The van der Waals surface area contributed by atoms with Crippen molar-refractivity contribution in [1.29, 1.82) is 0 Å². The van der Waals surface area contributed by atoms with E-state index in [1.54, 1.807) is 0 Å². The molecule has 1 N–H and O–H groups in total. The van der Waals surface area contributed by atoms with Crippen molar-refractivity contribution in [3.05, 3.63) is 35.4 Å². The molecule has 1 saturated heterocycles. The largest absolute Gasteiger partial charge is 0.342 e. The highest BCUT2D eigenvalue weighted by Gasteiger charge is 2.61. The Morgan fingerprint density at radius 2 is 1.64 bits per heavy atom. The van der Waals surface area contributed by atoms with Crippen molar-refractivity contribution in [2.45, 2.75) is 69.7 Å². The summed E-state index contributed by atoms with van der Waals surface area (Å²) in [7, 11) is 2.05. The normalized spacial score (nSPS) is 37.0.